The molecule has 3 aromatic carbocycles. The van der Waals surface area contributed by atoms with E-state index < -0.39 is 30.6 Å². The molecule has 0 fully saturated rings. The predicted octanol–water partition coefficient (Wildman–Crippen LogP) is 3.61. The van der Waals surface area contributed by atoms with Gasteiger partial charge in [0.25, 0.3) is 5.91 Å². The van der Waals surface area contributed by atoms with Crippen molar-refractivity contribution in [2.75, 3.05) is 18.5 Å². The molecule has 0 saturated heterocycles. The van der Waals surface area contributed by atoms with Gasteiger partial charge >= 0.3 is 12.1 Å². The number of carbonyl (C=O) groups excluding carboxylic acids is 2. The number of carboxylic acid groups (broad SMARTS) is 1. The number of nitrogens with one attached hydrogen (secondary N) is 2. The molecule has 3 aromatic rings. The van der Waals surface area contributed by atoms with Crippen LogP contribution in [0.15, 0.2) is 72.8 Å². The van der Waals surface area contributed by atoms with Crippen molar-refractivity contribution in [3.05, 3.63) is 89.5 Å². The van der Waals surface area contributed by atoms with Gasteiger partial charge in [-0.2, -0.15) is 0 Å². The Labute approximate surface area is 196 Å². The number of amides is 2. The number of rotatable bonds is 8. The maximum absolute atomic E-state index is 12.6. The minimum Gasteiger partial charge on any atom is -0.480 e. The van der Waals surface area contributed by atoms with Crippen molar-refractivity contribution >= 4 is 23.7 Å². The molecule has 0 bridgehead atoms. The van der Waals surface area contributed by atoms with Crippen LogP contribution in [0, 0.1) is 0 Å². The highest BCUT2D eigenvalue weighted by Crippen LogP contribution is 2.44. The summed E-state index contributed by atoms with van der Waals surface area (Å²) in [4.78, 5) is 36.5. The minimum absolute atomic E-state index is 0.0835. The Hall–Kier alpha value is -4.17. The third-order valence-electron chi connectivity index (χ3n) is 5.77. The fraction of sp³-hybridized carbons (Fsp3) is 0.192. The Morgan fingerprint density at radius 3 is 2.09 bits per heavy atom. The van der Waals surface area contributed by atoms with Gasteiger partial charge < -0.3 is 20.3 Å². The predicted molar refractivity (Wildman–Crippen MR) is 126 cm³/mol. The number of aliphatic hydroxyl groups is 1. The van der Waals surface area contributed by atoms with E-state index in [2.05, 4.69) is 10.6 Å². The van der Waals surface area contributed by atoms with E-state index in [1.54, 1.807) is 12.1 Å². The van der Waals surface area contributed by atoms with Crippen LogP contribution in [-0.2, 0) is 9.53 Å². The van der Waals surface area contributed by atoms with Gasteiger partial charge in [0, 0.05) is 18.9 Å². The largest absolute Gasteiger partial charge is 0.480 e. The summed E-state index contributed by atoms with van der Waals surface area (Å²) in [6.07, 6.45) is -0.865. The van der Waals surface area contributed by atoms with Crippen LogP contribution in [0.4, 0.5) is 10.5 Å². The standard InChI is InChI=1S/C26H24N2O6/c29-14-13-23(25(31)32)27-24(30)20-11-5-6-12-22(20)28-26(33)34-15-21-18-9-3-1-7-16(18)17-8-2-4-10-19(17)21/h1-12,21,23,29H,13-15H2,(H,27,30)(H,28,33)(H,31,32)/t23-/m1/s1. The second kappa shape index (κ2) is 10.2. The zero-order chi connectivity index (χ0) is 24.1. The van der Waals surface area contributed by atoms with Crippen LogP contribution in [0.1, 0.15) is 33.8 Å². The van der Waals surface area contributed by atoms with Crippen molar-refractivity contribution < 1.29 is 29.3 Å². The molecule has 174 valence electrons. The third-order valence-corrected chi connectivity index (χ3v) is 5.77. The van der Waals surface area contributed by atoms with Crippen molar-refractivity contribution in [1.82, 2.24) is 5.32 Å². The molecular weight excluding hydrogens is 436 g/mol. The lowest BCUT2D eigenvalue weighted by molar-refractivity contribution is -0.139. The average Bonchev–Trinajstić information content (AvgIpc) is 3.16. The molecule has 0 heterocycles. The Bertz CT molecular complexity index is 1180. The first-order valence-electron chi connectivity index (χ1n) is 10.8. The van der Waals surface area contributed by atoms with Gasteiger partial charge in [-0.15, -0.1) is 0 Å². The number of benzene rings is 3. The fourth-order valence-electron chi connectivity index (χ4n) is 4.16. The summed E-state index contributed by atoms with van der Waals surface area (Å²) in [6, 6.07) is 21.0. The molecule has 0 aromatic heterocycles. The molecule has 0 aliphatic heterocycles. The van der Waals surface area contributed by atoms with Crippen molar-refractivity contribution in [3.63, 3.8) is 0 Å². The molecule has 0 unspecified atom stereocenters. The van der Waals surface area contributed by atoms with Crippen LogP contribution in [0.25, 0.3) is 11.1 Å². The van der Waals surface area contributed by atoms with Crippen LogP contribution in [0.2, 0.25) is 0 Å². The number of anilines is 1. The first-order valence-corrected chi connectivity index (χ1v) is 10.8. The molecule has 8 nitrogen and oxygen atoms in total. The van der Waals surface area contributed by atoms with Crippen molar-refractivity contribution in [3.8, 4) is 11.1 Å². The van der Waals surface area contributed by atoms with Gasteiger partial charge in [0.2, 0.25) is 0 Å². The third kappa shape index (κ3) is 4.77. The molecule has 34 heavy (non-hydrogen) atoms. The van der Waals surface area contributed by atoms with E-state index >= 15 is 0 Å². The van der Waals surface area contributed by atoms with Gasteiger partial charge in [0.1, 0.15) is 12.6 Å². The smallest absolute Gasteiger partial charge is 0.411 e. The van der Waals surface area contributed by atoms with E-state index in [1.165, 1.54) is 12.1 Å². The Balaban J connectivity index is 1.45. The molecule has 0 spiro atoms. The Morgan fingerprint density at radius 1 is 0.882 bits per heavy atom. The highest BCUT2D eigenvalue weighted by atomic mass is 16.5. The second-order valence-corrected chi connectivity index (χ2v) is 7.87. The molecule has 1 atom stereocenters. The van der Waals surface area contributed by atoms with Gasteiger partial charge in [0.15, 0.2) is 0 Å². The number of ether oxygens (including phenoxy) is 1. The maximum atomic E-state index is 12.6. The topological polar surface area (TPSA) is 125 Å². The molecule has 8 heteroatoms. The van der Waals surface area contributed by atoms with Crippen LogP contribution < -0.4 is 10.6 Å². The minimum atomic E-state index is -1.26. The van der Waals surface area contributed by atoms with Gasteiger partial charge in [-0.3, -0.25) is 10.1 Å². The molecule has 1 aliphatic rings. The summed E-state index contributed by atoms with van der Waals surface area (Å²) in [5, 5.41) is 23.2. The number of hydrogen-bond acceptors (Lipinski definition) is 5. The van der Waals surface area contributed by atoms with E-state index in [4.69, 9.17) is 9.84 Å². The zero-order valence-corrected chi connectivity index (χ0v) is 18.2. The number of carbonyl (C=O) groups is 3. The van der Waals surface area contributed by atoms with Crippen molar-refractivity contribution in [1.29, 1.82) is 0 Å². The Morgan fingerprint density at radius 2 is 1.47 bits per heavy atom. The maximum Gasteiger partial charge on any atom is 0.411 e. The molecule has 4 N–H and O–H groups in total. The quantitative estimate of drug-likeness (QED) is 0.407. The zero-order valence-electron chi connectivity index (χ0n) is 18.2. The summed E-state index contributed by atoms with van der Waals surface area (Å²) >= 11 is 0. The van der Waals surface area contributed by atoms with E-state index in [0.717, 1.165) is 22.3 Å². The number of carboxylic acids is 1. The van der Waals surface area contributed by atoms with Crippen LogP contribution in [-0.4, -0.2) is 47.4 Å². The van der Waals surface area contributed by atoms with E-state index in [-0.39, 0.29) is 30.2 Å². The van der Waals surface area contributed by atoms with E-state index in [1.807, 2.05) is 48.5 Å². The molecule has 2 amide bonds. The summed E-state index contributed by atoms with van der Waals surface area (Å²) in [7, 11) is 0. The van der Waals surface area contributed by atoms with Crippen molar-refractivity contribution in [2.24, 2.45) is 0 Å². The van der Waals surface area contributed by atoms with Crippen LogP contribution >= 0.6 is 0 Å². The summed E-state index contributed by atoms with van der Waals surface area (Å²) in [5.74, 6) is -2.05. The molecule has 0 saturated carbocycles. The number of hydrogen-bond donors (Lipinski definition) is 4. The lowest BCUT2D eigenvalue weighted by Gasteiger charge is -2.17. The molecular formula is C26H24N2O6. The van der Waals surface area contributed by atoms with Gasteiger partial charge in [-0.05, 0) is 34.4 Å². The van der Waals surface area contributed by atoms with Gasteiger partial charge in [-0.1, -0.05) is 60.7 Å². The molecule has 0 radical (unpaired) electrons. The molecule has 4 rings (SSSR count). The monoisotopic (exact) mass is 460 g/mol. The summed E-state index contributed by atoms with van der Waals surface area (Å²) in [6.45, 7) is -0.275. The number of para-hydroxylation sites is 1. The highest BCUT2D eigenvalue weighted by molar-refractivity contribution is 6.03. The number of aliphatic hydroxyl groups excluding tert-OH is 1. The highest BCUT2D eigenvalue weighted by Gasteiger charge is 2.29. The summed E-state index contributed by atoms with van der Waals surface area (Å²) in [5.41, 5.74) is 4.67. The fourth-order valence-corrected chi connectivity index (χ4v) is 4.16. The summed E-state index contributed by atoms with van der Waals surface area (Å²) < 4.78 is 5.53. The number of aliphatic carboxylic acids is 1. The number of fused-ring (bicyclic) bond motifs is 3. The van der Waals surface area contributed by atoms with Gasteiger partial charge in [-0.25, -0.2) is 9.59 Å². The lowest BCUT2D eigenvalue weighted by atomic mass is 9.98. The van der Waals surface area contributed by atoms with E-state index in [9.17, 15) is 19.5 Å². The normalized spacial score (nSPS) is 12.9. The van der Waals surface area contributed by atoms with E-state index in [0.29, 0.717) is 0 Å². The molecule has 1 aliphatic carbocycles. The second-order valence-electron chi connectivity index (χ2n) is 7.87. The van der Waals surface area contributed by atoms with Crippen molar-refractivity contribution in [2.45, 2.75) is 18.4 Å². The van der Waals surface area contributed by atoms with Gasteiger partial charge in [0.05, 0.1) is 11.3 Å². The first-order chi connectivity index (χ1) is 16.5. The first kappa shape index (κ1) is 23.0. The lowest BCUT2D eigenvalue weighted by Crippen LogP contribution is -2.41. The SMILES string of the molecule is O=C(Nc1ccccc1C(=O)N[C@H](CCO)C(=O)O)OCC1c2ccccc2-c2ccccc21. The average molecular weight is 460 g/mol. The van der Waals surface area contributed by atoms with Crippen LogP contribution in [0.5, 0.6) is 0 Å². The Kier molecular flexibility index (Phi) is 6.89. The van der Waals surface area contributed by atoms with Crippen LogP contribution in [0.3, 0.4) is 0 Å².